The molecule has 0 aliphatic rings. The van der Waals surface area contributed by atoms with Crippen molar-refractivity contribution in [1.29, 1.82) is 0 Å². The third kappa shape index (κ3) is 3.68. The van der Waals surface area contributed by atoms with Crippen LogP contribution in [-0.2, 0) is 6.42 Å². The molecule has 1 atom stereocenters. The molecule has 0 fully saturated rings. The van der Waals surface area contributed by atoms with E-state index in [9.17, 15) is 8.78 Å². The molecule has 0 saturated carbocycles. The molecule has 2 aromatic rings. The van der Waals surface area contributed by atoms with Crippen LogP contribution >= 0.6 is 28.1 Å². The molecular weight excluding hydrogens is 334 g/mol. The van der Waals surface area contributed by atoms with Crippen LogP contribution in [-0.4, -0.2) is 4.98 Å². The van der Waals surface area contributed by atoms with E-state index < -0.39 is 17.7 Å². The Labute approximate surface area is 122 Å². The van der Waals surface area contributed by atoms with Gasteiger partial charge in [-0.25, -0.2) is 8.78 Å². The number of benzene rings is 1. The number of nitrogens with one attached hydrogen (secondary N) is 1. The average Bonchev–Trinajstić information content (AvgIpc) is 2.30. The molecule has 0 aliphatic heterocycles. The topological polar surface area (TPSA) is 41.8 Å². The molecule has 0 aliphatic carbocycles. The van der Waals surface area contributed by atoms with Crippen molar-refractivity contribution < 1.29 is 8.78 Å². The third-order valence-corrected chi connectivity index (χ3v) is 3.57. The van der Waals surface area contributed by atoms with E-state index in [0.717, 1.165) is 10.5 Å². The quantitative estimate of drug-likeness (QED) is 0.825. The zero-order valence-corrected chi connectivity index (χ0v) is 12.2. The highest BCUT2D eigenvalue weighted by Crippen LogP contribution is 2.23. The number of halogens is 3. The molecule has 1 heterocycles. The Hall–Kier alpha value is -1.11. The van der Waals surface area contributed by atoms with Crippen molar-refractivity contribution in [2.45, 2.75) is 12.5 Å². The molecule has 2 nitrogen and oxygen atoms in total. The maximum absolute atomic E-state index is 13.1. The van der Waals surface area contributed by atoms with Gasteiger partial charge in [0.25, 0.3) is 0 Å². The maximum Gasteiger partial charge on any atom is 0.126 e. The van der Waals surface area contributed by atoms with Crippen LogP contribution in [0.2, 0.25) is 0 Å². The van der Waals surface area contributed by atoms with Crippen LogP contribution in [0.3, 0.4) is 0 Å². The maximum atomic E-state index is 13.1. The number of aromatic amines is 1. The summed E-state index contributed by atoms with van der Waals surface area (Å²) < 4.78 is 27.6. The van der Waals surface area contributed by atoms with Crippen LogP contribution in [0.4, 0.5) is 8.78 Å². The highest BCUT2D eigenvalue weighted by atomic mass is 79.9. The first-order chi connectivity index (χ1) is 8.95. The SMILES string of the molecule is NC(Cc1cc(F)cc(F)c1)c1[nH]c(=S)ccc1Br. The summed E-state index contributed by atoms with van der Waals surface area (Å²) in [7, 11) is 0. The molecule has 0 radical (unpaired) electrons. The predicted octanol–water partition coefficient (Wildman–Crippen LogP) is 4.03. The minimum Gasteiger partial charge on any atom is -0.348 e. The second-order valence-corrected chi connectivity index (χ2v) is 5.47. The number of aromatic nitrogens is 1. The van der Waals surface area contributed by atoms with Crippen LogP contribution in [0.25, 0.3) is 0 Å². The van der Waals surface area contributed by atoms with Crippen molar-refractivity contribution in [2.24, 2.45) is 5.73 Å². The monoisotopic (exact) mass is 344 g/mol. The highest BCUT2D eigenvalue weighted by molar-refractivity contribution is 9.10. The van der Waals surface area contributed by atoms with Crippen LogP contribution in [0, 0.1) is 16.3 Å². The van der Waals surface area contributed by atoms with Gasteiger partial charge in [0, 0.05) is 16.2 Å². The summed E-state index contributed by atoms with van der Waals surface area (Å²) in [6, 6.07) is 6.47. The van der Waals surface area contributed by atoms with Gasteiger partial charge in [-0.3, -0.25) is 0 Å². The number of hydrogen-bond donors (Lipinski definition) is 2. The lowest BCUT2D eigenvalue weighted by molar-refractivity contribution is 0.575. The van der Waals surface area contributed by atoms with E-state index in [4.69, 9.17) is 18.0 Å². The van der Waals surface area contributed by atoms with Crippen molar-refractivity contribution in [2.75, 3.05) is 0 Å². The van der Waals surface area contributed by atoms with E-state index in [1.165, 1.54) is 12.1 Å². The lowest BCUT2D eigenvalue weighted by Gasteiger charge is -2.14. The van der Waals surface area contributed by atoms with Crippen molar-refractivity contribution in [3.8, 4) is 0 Å². The van der Waals surface area contributed by atoms with E-state index >= 15 is 0 Å². The largest absolute Gasteiger partial charge is 0.348 e. The van der Waals surface area contributed by atoms with Crippen LogP contribution < -0.4 is 5.73 Å². The molecule has 6 heteroatoms. The number of rotatable bonds is 3. The van der Waals surface area contributed by atoms with Gasteiger partial charge in [-0.15, -0.1) is 0 Å². The van der Waals surface area contributed by atoms with Crippen molar-refractivity contribution in [3.63, 3.8) is 0 Å². The predicted molar refractivity (Wildman–Crippen MR) is 76.3 cm³/mol. The fourth-order valence-corrected chi connectivity index (χ4v) is 2.53. The summed E-state index contributed by atoms with van der Waals surface area (Å²) >= 11 is 8.40. The van der Waals surface area contributed by atoms with Gasteiger partial charge in [0.15, 0.2) is 0 Å². The molecule has 19 heavy (non-hydrogen) atoms. The summed E-state index contributed by atoms with van der Waals surface area (Å²) in [5, 5.41) is 0. The van der Waals surface area contributed by atoms with Crippen molar-refractivity contribution in [3.05, 3.63) is 62.3 Å². The molecule has 0 bridgehead atoms. The molecule has 1 aromatic heterocycles. The molecule has 2 rings (SSSR count). The smallest absolute Gasteiger partial charge is 0.126 e. The van der Waals surface area contributed by atoms with E-state index in [0.29, 0.717) is 22.3 Å². The Morgan fingerprint density at radius 2 is 1.84 bits per heavy atom. The lowest BCUT2D eigenvalue weighted by Crippen LogP contribution is -2.16. The van der Waals surface area contributed by atoms with Crippen molar-refractivity contribution in [1.82, 2.24) is 4.98 Å². The summed E-state index contributed by atoms with van der Waals surface area (Å²) in [5.41, 5.74) is 7.25. The summed E-state index contributed by atoms with van der Waals surface area (Å²) in [6.07, 6.45) is 0.308. The van der Waals surface area contributed by atoms with Gasteiger partial charge in [0.1, 0.15) is 16.3 Å². The van der Waals surface area contributed by atoms with E-state index in [1.54, 1.807) is 12.1 Å². The second-order valence-electron chi connectivity index (χ2n) is 4.17. The van der Waals surface area contributed by atoms with E-state index in [2.05, 4.69) is 20.9 Å². The van der Waals surface area contributed by atoms with Gasteiger partial charge in [-0.05, 0) is 52.2 Å². The Bertz CT molecular complexity index is 637. The summed E-state index contributed by atoms with van der Waals surface area (Å²) in [6.45, 7) is 0. The summed E-state index contributed by atoms with van der Waals surface area (Å²) in [5.74, 6) is -1.22. The Balaban J connectivity index is 2.27. The molecule has 3 N–H and O–H groups in total. The first-order valence-electron chi connectivity index (χ1n) is 5.55. The average molecular weight is 345 g/mol. The van der Waals surface area contributed by atoms with Gasteiger partial charge in [-0.1, -0.05) is 12.2 Å². The first kappa shape index (κ1) is 14.3. The fourth-order valence-electron chi connectivity index (χ4n) is 1.83. The molecule has 1 unspecified atom stereocenters. The number of pyridine rings is 1. The fraction of sp³-hybridized carbons (Fsp3) is 0.154. The molecule has 1 aromatic carbocycles. The van der Waals surface area contributed by atoms with Gasteiger partial charge in [-0.2, -0.15) is 0 Å². The lowest BCUT2D eigenvalue weighted by atomic mass is 10.0. The first-order valence-corrected chi connectivity index (χ1v) is 6.75. The molecule has 100 valence electrons. The van der Waals surface area contributed by atoms with Gasteiger partial charge >= 0.3 is 0 Å². The minimum absolute atomic E-state index is 0.308. The number of H-pyrrole nitrogens is 1. The summed E-state index contributed by atoms with van der Waals surface area (Å²) in [4.78, 5) is 2.98. The van der Waals surface area contributed by atoms with E-state index in [1.807, 2.05) is 0 Å². The molecule has 0 spiro atoms. The zero-order chi connectivity index (χ0) is 14.0. The van der Waals surface area contributed by atoms with Gasteiger partial charge < -0.3 is 10.7 Å². The van der Waals surface area contributed by atoms with Gasteiger partial charge in [0.2, 0.25) is 0 Å². The minimum atomic E-state index is -0.609. The van der Waals surface area contributed by atoms with E-state index in [-0.39, 0.29) is 0 Å². The van der Waals surface area contributed by atoms with Crippen molar-refractivity contribution >= 4 is 28.1 Å². The van der Waals surface area contributed by atoms with Crippen LogP contribution in [0.5, 0.6) is 0 Å². The van der Waals surface area contributed by atoms with Crippen LogP contribution in [0.15, 0.2) is 34.8 Å². The van der Waals surface area contributed by atoms with Gasteiger partial charge in [0.05, 0.1) is 6.04 Å². The number of hydrogen-bond acceptors (Lipinski definition) is 2. The Morgan fingerprint density at radius 1 is 1.21 bits per heavy atom. The zero-order valence-electron chi connectivity index (χ0n) is 9.79. The Kier molecular flexibility index (Phi) is 4.44. The van der Waals surface area contributed by atoms with Crippen LogP contribution in [0.1, 0.15) is 17.3 Å². The standard InChI is InChI=1S/C13H11BrF2N2S/c14-10-1-2-12(19)18-13(10)11(17)5-7-3-8(15)6-9(16)4-7/h1-4,6,11H,5,17H2,(H,18,19). The second kappa shape index (κ2) is 5.90. The number of nitrogens with two attached hydrogens (primary N) is 1. The normalized spacial score (nSPS) is 12.4. The highest BCUT2D eigenvalue weighted by Gasteiger charge is 2.12. The molecule has 0 amide bonds. The third-order valence-electron chi connectivity index (χ3n) is 2.64. The molecule has 0 saturated heterocycles. The Morgan fingerprint density at radius 3 is 2.47 bits per heavy atom. The molecular formula is C13H11BrF2N2S.